The van der Waals surface area contributed by atoms with Crippen molar-refractivity contribution >= 4 is 240 Å². The molecule has 0 bridgehead atoms. The van der Waals surface area contributed by atoms with Gasteiger partial charge >= 0.3 is 0 Å². The van der Waals surface area contributed by atoms with Crippen molar-refractivity contribution in [1.29, 1.82) is 0 Å². The second-order valence-electron chi connectivity index (χ2n) is 12.7. The van der Waals surface area contributed by atoms with Crippen molar-refractivity contribution < 1.29 is 21.6 Å². The molecule has 0 aliphatic heterocycles. The highest BCUT2D eigenvalue weighted by Crippen LogP contribution is 3.37. The first-order chi connectivity index (χ1) is 30.4. The first-order valence-electron chi connectivity index (χ1n) is 17.9. The Morgan fingerprint density at radius 1 is 0.723 bits per heavy atom. The molecule has 2 aromatic carbocycles. The number of nitrogens with two attached hydrogens (primary N) is 1. The Morgan fingerprint density at radius 2 is 1.23 bits per heavy atom. The standard InChI is InChI=1S/C25H26F2N6O3S.H30P28/c1-3-15(2)37(34,35)18-7-5-17(6-8-18)21-14-30-23(28)22(31-21)25-33-32-24(36-25)19-9-4-16(12-20(19)27)13-29-11-10-26;1-16(2)23(15)27(24(17(3)4)18(5)6)28(25(19(7)8)20(9)10)26(21(11)12)22(13)14/h4-9,12,14-15,29H,3,10-11,13H2,1-2H3,(H2,28,30);1-15H2. The lowest BCUT2D eigenvalue weighted by Crippen LogP contribution is -2.16. The summed E-state index contributed by atoms with van der Waals surface area (Å²) in [6.07, 6.45) is 1.96. The molecule has 0 aliphatic rings. The fraction of sp³-hybridized carbons (Fsp3) is 0.280. The molecule has 0 radical (unpaired) electrons. The number of hydrogen-bond donors (Lipinski definition) is 2. The molecule has 0 amide bonds. The number of nitrogen functional groups attached to an aromatic ring is 1. The highest BCUT2D eigenvalue weighted by Gasteiger charge is 2.49. The average Bonchev–Trinajstić information content (AvgIpc) is 3.71. The van der Waals surface area contributed by atoms with Gasteiger partial charge in [-0.05, 0) is 134 Å². The molecule has 9 nitrogen and oxygen atoms in total. The minimum atomic E-state index is -3.42. The van der Waals surface area contributed by atoms with E-state index in [9.17, 15) is 17.2 Å². The van der Waals surface area contributed by atoms with Crippen LogP contribution in [0.25, 0.3) is 34.3 Å². The van der Waals surface area contributed by atoms with Gasteiger partial charge in [-0.25, -0.2) is 27.2 Å². The normalized spacial score (nSPS) is 14.1. The van der Waals surface area contributed by atoms with Crippen molar-refractivity contribution in [1.82, 2.24) is 25.5 Å². The fourth-order valence-electron chi connectivity index (χ4n) is 4.99. The summed E-state index contributed by atoms with van der Waals surface area (Å²) in [6.45, 7) is 3.48. The summed E-state index contributed by atoms with van der Waals surface area (Å²) in [5.41, 5.74) is 7.86. The third-order valence-electron chi connectivity index (χ3n) is 8.18. The van der Waals surface area contributed by atoms with Crippen LogP contribution in [0, 0.1) is 5.82 Å². The number of benzene rings is 2. The number of halogens is 2. The van der Waals surface area contributed by atoms with Crippen molar-refractivity contribution in [3.63, 3.8) is 0 Å². The molecule has 364 valence electrons. The molecule has 4 rings (SSSR count). The van der Waals surface area contributed by atoms with Crippen LogP contribution in [-0.2, 0) is 16.4 Å². The molecule has 0 saturated heterocycles. The van der Waals surface area contributed by atoms with Gasteiger partial charge in [0.05, 0.1) is 27.6 Å². The number of nitrogens with one attached hydrogen (secondary N) is 1. The number of sulfone groups is 1. The predicted molar refractivity (Wildman–Crippen MR) is 371 cm³/mol. The van der Waals surface area contributed by atoms with Gasteiger partial charge in [0, 0.05) is 18.7 Å². The maximum absolute atomic E-state index is 14.7. The molecule has 0 aliphatic carbocycles. The van der Waals surface area contributed by atoms with Gasteiger partial charge in [0.15, 0.2) is 21.3 Å². The summed E-state index contributed by atoms with van der Waals surface area (Å²) in [4.78, 5) is 8.85. The van der Waals surface area contributed by atoms with Gasteiger partial charge in [0.25, 0.3) is 11.8 Å². The molecule has 18 unspecified atom stereocenters. The van der Waals surface area contributed by atoms with Crippen LogP contribution in [0.5, 0.6) is 0 Å². The van der Waals surface area contributed by atoms with E-state index in [2.05, 4.69) is 159 Å². The van der Waals surface area contributed by atoms with E-state index in [4.69, 9.17) is 10.2 Å². The average molecular weight is 1430 g/mol. The minimum absolute atomic E-state index is 0.00189. The Balaban J connectivity index is 0.000000362. The lowest BCUT2D eigenvalue weighted by molar-refractivity contribution is 0.466. The van der Waals surface area contributed by atoms with Gasteiger partial charge in [-0.15, -0.1) is 144 Å². The Bertz CT molecular complexity index is 2160. The van der Waals surface area contributed by atoms with Crippen LogP contribution in [0.2, 0.25) is 0 Å². The van der Waals surface area contributed by atoms with Gasteiger partial charge in [-0.2, -0.15) is 0 Å². The third-order valence-corrected chi connectivity index (χ3v) is 194. The van der Waals surface area contributed by atoms with E-state index >= 15 is 0 Å². The molecule has 4 aromatic rings. The van der Waals surface area contributed by atoms with Crippen LogP contribution in [0.4, 0.5) is 14.6 Å². The zero-order valence-corrected chi connectivity index (χ0v) is 64.5. The summed E-state index contributed by atoms with van der Waals surface area (Å²) in [5.74, 6) is -0.660. The maximum Gasteiger partial charge on any atom is 0.270 e. The largest absolute Gasteiger partial charge is 0.414 e. The van der Waals surface area contributed by atoms with Crippen molar-refractivity contribution in [3.05, 3.63) is 60.0 Å². The number of alkyl halides is 1. The van der Waals surface area contributed by atoms with E-state index in [1.165, 1.54) is 30.5 Å². The summed E-state index contributed by atoms with van der Waals surface area (Å²) in [5, 5.41) is 10.2. The van der Waals surface area contributed by atoms with E-state index in [1.54, 1.807) is 25.1 Å². The van der Waals surface area contributed by atoms with Crippen molar-refractivity contribution in [3.8, 4) is 34.3 Å². The van der Waals surface area contributed by atoms with Crippen molar-refractivity contribution in [2.45, 2.75) is 37.0 Å². The number of anilines is 1. The predicted octanol–water partition coefficient (Wildman–Crippen LogP) is 20.3. The molecular weight excluding hydrogens is 1370 g/mol. The SMILES string of the molecule is CCC(C)S(=O)(=O)c1ccc(-c2cnc(N)c(-c3nnc(-c4ccc(CNCCF)cc4F)o3)n2)cc1.PP(P)P(P)P(P(P(P)P)P(P)P)P(P(P(P)P)P(P)P)P(P(P)P)P(P)P. The molecule has 3 N–H and O–H groups in total. The molecule has 0 saturated carbocycles. The van der Waals surface area contributed by atoms with Crippen LogP contribution in [0.1, 0.15) is 25.8 Å². The zero-order chi connectivity index (χ0) is 49.1. The molecule has 2 heterocycles. The number of rotatable bonds is 22. The maximum atomic E-state index is 14.7. The smallest absolute Gasteiger partial charge is 0.270 e. The number of hydrogen-bond acceptors (Lipinski definition) is 9. The molecular formula is C25H56F2N6O3P28S. The minimum Gasteiger partial charge on any atom is -0.414 e. The quantitative estimate of drug-likeness (QED) is 0.0582. The van der Waals surface area contributed by atoms with E-state index in [0.29, 0.717) is 29.8 Å². The van der Waals surface area contributed by atoms with Gasteiger partial charge in [0.1, 0.15) is 12.5 Å². The van der Waals surface area contributed by atoms with Crippen LogP contribution < -0.4 is 11.1 Å². The van der Waals surface area contributed by atoms with E-state index in [-0.39, 0.29) is 131 Å². The Hall–Kier alpha value is 8.27. The monoisotopic (exact) mass is 1430 g/mol. The summed E-state index contributed by atoms with van der Waals surface area (Å²) < 4.78 is 57.8. The van der Waals surface area contributed by atoms with Crippen LogP contribution in [0.15, 0.2) is 58.0 Å². The van der Waals surface area contributed by atoms with Gasteiger partial charge in [0.2, 0.25) is 0 Å². The molecule has 40 heteroatoms. The Labute approximate surface area is 433 Å². The second kappa shape index (κ2) is 33.8. The lowest BCUT2D eigenvalue weighted by Gasteiger charge is -2.51. The summed E-state index contributed by atoms with van der Waals surface area (Å²) >= 11 is 0. The number of nitrogens with zero attached hydrogens (tertiary/aromatic N) is 4. The van der Waals surface area contributed by atoms with E-state index < -0.39 is 27.6 Å². The van der Waals surface area contributed by atoms with Gasteiger partial charge < -0.3 is 15.5 Å². The topological polar surface area (TPSA) is 137 Å². The second-order valence-corrected chi connectivity index (χ2v) is 127. The first-order valence-corrected chi connectivity index (χ1v) is 69.6. The summed E-state index contributed by atoms with van der Waals surface area (Å²) in [6, 6.07) is 10.8. The van der Waals surface area contributed by atoms with Gasteiger partial charge in [-0.3, -0.25) is 0 Å². The van der Waals surface area contributed by atoms with Crippen LogP contribution in [-0.4, -0.2) is 47.1 Å². The van der Waals surface area contributed by atoms with Crippen LogP contribution in [0.3, 0.4) is 0 Å². The molecule has 0 spiro atoms. The highest BCUT2D eigenvalue weighted by molar-refractivity contribution is 9.42. The Kier molecular flexibility index (Phi) is 35.1. The molecule has 18 atom stereocenters. The molecule has 2 aromatic heterocycles. The lowest BCUT2D eigenvalue weighted by atomic mass is 10.1. The highest BCUT2D eigenvalue weighted by atomic mass is 33.5. The summed E-state index contributed by atoms with van der Waals surface area (Å²) in [7, 11) is 45.5. The van der Waals surface area contributed by atoms with Crippen molar-refractivity contribution in [2.75, 3.05) is 19.0 Å². The van der Waals surface area contributed by atoms with E-state index in [1.807, 2.05) is 6.92 Å². The number of aromatic nitrogens is 4. The first kappa shape index (κ1) is 67.5. The third kappa shape index (κ3) is 20.4. The zero-order valence-electron chi connectivity index (χ0n) is 34.8. The van der Waals surface area contributed by atoms with E-state index in [0.717, 1.165) is 0 Å². The van der Waals surface area contributed by atoms with Crippen molar-refractivity contribution in [2.24, 2.45) is 0 Å². The Morgan fingerprint density at radius 3 is 1.69 bits per heavy atom. The van der Waals surface area contributed by atoms with Gasteiger partial charge in [-0.1, -0.05) is 25.1 Å². The van der Waals surface area contributed by atoms with Crippen LogP contribution >= 0.6 is 225 Å². The fourth-order valence-corrected chi connectivity index (χ4v) is 358. The molecule has 65 heavy (non-hydrogen) atoms. The molecule has 0 fully saturated rings.